The summed E-state index contributed by atoms with van der Waals surface area (Å²) in [7, 11) is 3.29. The molecule has 0 aromatic carbocycles. The van der Waals surface area contributed by atoms with Gasteiger partial charge in [-0.3, -0.25) is 9.69 Å². The molecule has 6 heteroatoms. The van der Waals surface area contributed by atoms with Crippen LogP contribution < -0.4 is 10.6 Å². The van der Waals surface area contributed by atoms with Gasteiger partial charge in [-0.1, -0.05) is 0 Å². The lowest BCUT2D eigenvalue weighted by Crippen LogP contribution is -2.51. The number of likely N-dealkylation sites (tertiary alicyclic amines) is 1. The van der Waals surface area contributed by atoms with E-state index in [1.165, 1.54) is 0 Å². The van der Waals surface area contributed by atoms with Gasteiger partial charge in [-0.2, -0.15) is 0 Å². The lowest BCUT2D eigenvalue weighted by molar-refractivity contribution is -0.127. The Morgan fingerprint density at radius 2 is 2.10 bits per heavy atom. The van der Waals surface area contributed by atoms with Gasteiger partial charge in [0, 0.05) is 26.8 Å². The van der Waals surface area contributed by atoms with Crippen molar-refractivity contribution in [2.24, 2.45) is 0 Å². The number of ether oxygens (including phenoxy) is 2. The average Bonchev–Trinajstić information content (AvgIpc) is 3.01. The number of carbonyl (C=O) groups is 1. The van der Waals surface area contributed by atoms with Crippen LogP contribution in [0.5, 0.6) is 0 Å². The van der Waals surface area contributed by atoms with Gasteiger partial charge < -0.3 is 20.1 Å². The van der Waals surface area contributed by atoms with Crippen molar-refractivity contribution >= 4 is 5.91 Å². The summed E-state index contributed by atoms with van der Waals surface area (Å²) >= 11 is 0. The van der Waals surface area contributed by atoms with Crippen LogP contribution in [0, 0.1) is 0 Å². The maximum atomic E-state index is 12.5. The van der Waals surface area contributed by atoms with Gasteiger partial charge in [0.15, 0.2) is 0 Å². The first-order valence-corrected chi connectivity index (χ1v) is 8.02. The highest BCUT2D eigenvalue weighted by atomic mass is 16.5. The minimum Gasteiger partial charge on any atom is -0.382 e. The average molecular weight is 299 g/mol. The SMILES string of the molecule is COCC(CNC(=O)C1CCCN1C1CCNCC1)OC. The molecule has 0 spiro atoms. The fraction of sp³-hybridized carbons (Fsp3) is 0.933. The molecule has 1 amide bonds. The fourth-order valence-corrected chi connectivity index (χ4v) is 3.37. The highest BCUT2D eigenvalue weighted by Gasteiger charge is 2.35. The Kier molecular flexibility index (Phi) is 6.89. The lowest BCUT2D eigenvalue weighted by Gasteiger charge is -2.35. The summed E-state index contributed by atoms with van der Waals surface area (Å²) in [5, 5.41) is 6.41. The Morgan fingerprint density at radius 3 is 2.76 bits per heavy atom. The monoisotopic (exact) mass is 299 g/mol. The Hall–Kier alpha value is -0.690. The van der Waals surface area contributed by atoms with Crippen molar-refractivity contribution in [1.82, 2.24) is 15.5 Å². The first-order valence-electron chi connectivity index (χ1n) is 8.02. The van der Waals surface area contributed by atoms with Crippen LogP contribution in [-0.2, 0) is 14.3 Å². The quantitative estimate of drug-likeness (QED) is 0.692. The van der Waals surface area contributed by atoms with E-state index in [2.05, 4.69) is 15.5 Å². The summed E-state index contributed by atoms with van der Waals surface area (Å²) in [6.07, 6.45) is 4.31. The molecule has 2 N–H and O–H groups in total. The number of carbonyl (C=O) groups excluding carboxylic acids is 1. The minimum absolute atomic E-state index is 0.0353. The van der Waals surface area contributed by atoms with E-state index in [1.807, 2.05) is 0 Å². The zero-order chi connectivity index (χ0) is 15.1. The van der Waals surface area contributed by atoms with Crippen molar-refractivity contribution in [2.75, 3.05) is 47.0 Å². The Balaban J connectivity index is 1.82. The van der Waals surface area contributed by atoms with E-state index in [0.717, 1.165) is 45.3 Å². The standard InChI is InChI=1S/C15H29N3O3/c1-20-11-13(21-2)10-17-15(19)14-4-3-9-18(14)12-5-7-16-8-6-12/h12-14,16H,3-11H2,1-2H3,(H,17,19). The van der Waals surface area contributed by atoms with E-state index in [9.17, 15) is 4.79 Å². The summed E-state index contributed by atoms with van der Waals surface area (Å²) in [4.78, 5) is 14.9. The molecule has 6 nitrogen and oxygen atoms in total. The zero-order valence-corrected chi connectivity index (χ0v) is 13.3. The summed E-state index contributed by atoms with van der Waals surface area (Å²) in [6.45, 7) is 4.19. The number of rotatable bonds is 7. The molecular weight excluding hydrogens is 270 g/mol. The number of nitrogens with one attached hydrogen (secondary N) is 2. The van der Waals surface area contributed by atoms with Gasteiger partial charge >= 0.3 is 0 Å². The molecule has 2 atom stereocenters. The topological polar surface area (TPSA) is 62.8 Å². The third-order valence-corrected chi connectivity index (χ3v) is 4.56. The van der Waals surface area contributed by atoms with Crippen LogP contribution in [0.3, 0.4) is 0 Å². The van der Waals surface area contributed by atoms with Gasteiger partial charge in [0.2, 0.25) is 5.91 Å². The van der Waals surface area contributed by atoms with Gasteiger partial charge in [-0.05, 0) is 45.3 Å². The number of amides is 1. The van der Waals surface area contributed by atoms with Gasteiger partial charge in [-0.25, -0.2) is 0 Å². The number of piperidine rings is 1. The molecule has 2 unspecified atom stereocenters. The second-order valence-corrected chi connectivity index (χ2v) is 5.94. The van der Waals surface area contributed by atoms with Gasteiger partial charge in [0.05, 0.1) is 18.8 Å². The van der Waals surface area contributed by atoms with Crippen LogP contribution in [0.1, 0.15) is 25.7 Å². The molecule has 0 aliphatic carbocycles. The van der Waals surface area contributed by atoms with Crippen molar-refractivity contribution < 1.29 is 14.3 Å². The number of hydrogen-bond donors (Lipinski definition) is 2. The maximum Gasteiger partial charge on any atom is 0.237 e. The van der Waals surface area contributed by atoms with E-state index in [1.54, 1.807) is 14.2 Å². The molecule has 0 bridgehead atoms. The summed E-state index contributed by atoms with van der Waals surface area (Å²) < 4.78 is 10.4. The predicted molar refractivity (Wildman–Crippen MR) is 81.3 cm³/mol. The second kappa shape index (κ2) is 8.68. The normalized spacial score (nSPS) is 25.9. The van der Waals surface area contributed by atoms with Crippen LogP contribution in [0.15, 0.2) is 0 Å². The first-order chi connectivity index (χ1) is 10.3. The zero-order valence-electron chi connectivity index (χ0n) is 13.3. The van der Waals surface area contributed by atoms with Crippen LogP contribution in [-0.4, -0.2) is 76.0 Å². The van der Waals surface area contributed by atoms with E-state index >= 15 is 0 Å². The van der Waals surface area contributed by atoms with Gasteiger partial charge in [0.1, 0.15) is 0 Å². The number of nitrogens with zero attached hydrogens (tertiary/aromatic N) is 1. The Bertz CT molecular complexity index is 321. The summed E-state index contributed by atoms with van der Waals surface area (Å²) in [5.74, 6) is 0.143. The molecule has 2 aliphatic heterocycles. The maximum absolute atomic E-state index is 12.5. The smallest absolute Gasteiger partial charge is 0.237 e. The molecular formula is C15H29N3O3. The lowest BCUT2D eigenvalue weighted by atomic mass is 10.0. The molecule has 2 fully saturated rings. The van der Waals surface area contributed by atoms with Gasteiger partial charge in [0.25, 0.3) is 0 Å². The van der Waals surface area contributed by atoms with E-state index in [4.69, 9.17) is 9.47 Å². The molecule has 122 valence electrons. The van der Waals surface area contributed by atoms with E-state index < -0.39 is 0 Å². The van der Waals surface area contributed by atoms with E-state index in [0.29, 0.717) is 19.2 Å². The van der Waals surface area contributed by atoms with Crippen LogP contribution >= 0.6 is 0 Å². The molecule has 2 aliphatic rings. The Labute approximate surface area is 127 Å². The largest absolute Gasteiger partial charge is 0.382 e. The second-order valence-electron chi connectivity index (χ2n) is 5.94. The molecule has 21 heavy (non-hydrogen) atoms. The summed E-state index contributed by atoms with van der Waals surface area (Å²) in [5.41, 5.74) is 0. The fourth-order valence-electron chi connectivity index (χ4n) is 3.37. The molecule has 0 radical (unpaired) electrons. The number of hydrogen-bond acceptors (Lipinski definition) is 5. The third-order valence-electron chi connectivity index (χ3n) is 4.56. The summed E-state index contributed by atoms with van der Waals surface area (Å²) in [6, 6.07) is 0.592. The molecule has 0 saturated carbocycles. The van der Waals surface area contributed by atoms with Crippen molar-refractivity contribution in [3.8, 4) is 0 Å². The van der Waals surface area contributed by atoms with Crippen LogP contribution in [0.25, 0.3) is 0 Å². The molecule has 0 aromatic heterocycles. The van der Waals surface area contributed by atoms with Crippen molar-refractivity contribution in [3.05, 3.63) is 0 Å². The molecule has 2 saturated heterocycles. The van der Waals surface area contributed by atoms with E-state index in [-0.39, 0.29) is 18.1 Å². The molecule has 2 heterocycles. The third kappa shape index (κ3) is 4.64. The van der Waals surface area contributed by atoms with Gasteiger partial charge in [-0.15, -0.1) is 0 Å². The Morgan fingerprint density at radius 1 is 1.33 bits per heavy atom. The predicted octanol–water partition coefficient (Wildman–Crippen LogP) is -0.0196. The minimum atomic E-state index is -0.0762. The first kappa shape index (κ1) is 16.7. The van der Waals surface area contributed by atoms with Crippen LogP contribution in [0.2, 0.25) is 0 Å². The highest BCUT2D eigenvalue weighted by Crippen LogP contribution is 2.24. The van der Waals surface area contributed by atoms with Crippen molar-refractivity contribution in [1.29, 1.82) is 0 Å². The van der Waals surface area contributed by atoms with Crippen molar-refractivity contribution in [2.45, 2.75) is 43.9 Å². The molecule has 0 aromatic rings. The highest BCUT2D eigenvalue weighted by molar-refractivity contribution is 5.82. The van der Waals surface area contributed by atoms with Crippen LogP contribution in [0.4, 0.5) is 0 Å². The molecule has 2 rings (SSSR count). The van der Waals surface area contributed by atoms with Crippen molar-refractivity contribution in [3.63, 3.8) is 0 Å². The number of methoxy groups -OCH3 is 2.